The van der Waals surface area contributed by atoms with Crippen molar-refractivity contribution in [3.05, 3.63) is 59.5 Å². The molecule has 1 heteroatoms. The normalized spacial score (nSPS) is 10.6. The maximum Gasteiger partial charge on any atom is 0.103 e. The van der Waals surface area contributed by atoms with E-state index in [9.17, 15) is 0 Å². The fraction of sp³-hybridized carbons (Fsp3) is 0.333. The SMILES string of the molecule is CCc1ccc(CCCc2ccco2)cc1. The summed E-state index contributed by atoms with van der Waals surface area (Å²) in [6, 6.07) is 12.9. The van der Waals surface area contributed by atoms with Crippen LogP contribution in [0.4, 0.5) is 0 Å². The second kappa shape index (κ2) is 5.55. The van der Waals surface area contributed by atoms with E-state index < -0.39 is 0 Å². The lowest BCUT2D eigenvalue weighted by Crippen LogP contribution is -1.89. The summed E-state index contributed by atoms with van der Waals surface area (Å²) in [6.45, 7) is 2.19. The molecule has 0 unspecified atom stereocenters. The highest BCUT2D eigenvalue weighted by molar-refractivity contribution is 5.22. The molecule has 0 atom stereocenters. The first kappa shape index (κ1) is 11.0. The number of hydrogen-bond donors (Lipinski definition) is 0. The van der Waals surface area contributed by atoms with Crippen molar-refractivity contribution in [1.29, 1.82) is 0 Å². The molecule has 1 aromatic carbocycles. The van der Waals surface area contributed by atoms with E-state index in [0.717, 1.165) is 31.4 Å². The Hall–Kier alpha value is -1.50. The first-order valence-electron chi connectivity index (χ1n) is 5.98. The fourth-order valence-electron chi connectivity index (χ4n) is 1.86. The lowest BCUT2D eigenvalue weighted by molar-refractivity contribution is 0.502. The van der Waals surface area contributed by atoms with Gasteiger partial charge in [0.25, 0.3) is 0 Å². The van der Waals surface area contributed by atoms with Gasteiger partial charge >= 0.3 is 0 Å². The van der Waals surface area contributed by atoms with Gasteiger partial charge in [-0.15, -0.1) is 0 Å². The Labute approximate surface area is 97.1 Å². The Morgan fingerprint density at radius 2 is 1.69 bits per heavy atom. The average Bonchev–Trinajstić information content (AvgIpc) is 2.83. The van der Waals surface area contributed by atoms with Gasteiger partial charge in [0.05, 0.1) is 6.26 Å². The van der Waals surface area contributed by atoms with E-state index >= 15 is 0 Å². The number of hydrogen-bond acceptors (Lipinski definition) is 1. The van der Waals surface area contributed by atoms with Gasteiger partial charge in [0.15, 0.2) is 0 Å². The van der Waals surface area contributed by atoms with Gasteiger partial charge < -0.3 is 4.42 Å². The maximum atomic E-state index is 5.31. The first-order valence-corrected chi connectivity index (χ1v) is 5.98. The Bertz CT molecular complexity index is 398. The summed E-state index contributed by atoms with van der Waals surface area (Å²) in [5, 5.41) is 0. The third kappa shape index (κ3) is 2.99. The summed E-state index contributed by atoms with van der Waals surface area (Å²) in [5.74, 6) is 1.09. The van der Waals surface area contributed by atoms with E-state index in [1.165, 1.54) is 11.1 Å². The van der Waals surface area contributed by atoms with E-state index in [0.29, 0.717) is 0 Å². The quantitative estimate of drug-likeness (QED) is 0.732. The number of rotatable bonds is 5. The van der Waals surface area contributed by atoms with Crippen molar-refractivity contribution in [2.24, 2.45) is 0 Å². The van der Waals surface area contributed by atoms with Gasteiger partial charge in [-0.25, -0.2) is 0 Å². The van der Waals surface area contributed by atoms with E-state index in [2.05, 4.69) is 31.2 Å². The van der Waals surface area contributed by atoms with Crippen LogP contribution in [0.1, 0.15) is 30.2 Å². The molecule has 0 spiro atoms. The average molecular weight is 214 g/mol. The summed E-state index contributed by atoms with van der Waals surface area (Å²) in [6.07, 6.45) is 6.17. The van der Waals surface area contributed by atoms with Gasteiger partial charge in [0.1, 0.15) is 5.76 Å². The minimum absolute atomic E-state index is 1.03. The molecule has 2 rings (SSSR count). The second-order valence-corrected chi connectivity index (χ2v) is 4.10. The van der Waals surface area contributed by atoms with Crippen LogP contribution >= 0.6 is 0 Å². The molecule has 0 aliphatic rings. The van der Waals surface area contributed by atoms with E-state index in [4.69, 9.17) is 4.42 Å². The summed E-state index contributed by atoms with van der Waals surface area (Å²) >= 11 is 0. The molecule has 0 saturated carbocycles. The van der Waals surface area contributed by atoms with Gasteiger partial charge in [-0.3, -0.25) is 0 Å². The molecule has 1 aromatic heterocycles. The Morgan fingerprint density at radius 3 is 2.31 bits per heavy atom. The van der Waals surface area contributed by atoms with Gasteiger partial charge in [-0.1, -0.05) is 31.2 Å². The van der Waals surface area contributed by atoms with Gasteiger partial charge in [-0.05, 0) is 42.5 Å². The first-order chi connectivity index (χ1) is 7.88. The zero-order valence-electron chi connectivity index (χ0n) is 9.78. The zero-order chi connectivity index (χ0) is 11.2. The molecule has 0 bridgehead atoms. The van der Waals surface area contributed by atoms with Gasteiger partial charge in [-0.2, -0.15) is 0 Å². The molecular weight excluding hydrogens is 196 g/mol. The van der Waals surface area contributed by atoms with Crippen molar-refractivity contribution in [3.8, 4) is 0 Å². The third-order valence-corrected chi connectivity index (χ3v) is 2.90. The van der Waals surface area contributed by atoms with Crippen LogP contribution in [0.15, 0.2) is 47.1 Å². The molecule has 16 heavy (non-hydrogen) atoms. The van der Waals surface area contributed by atoms with Gasteiger partial charge in [0.2, 0.25) is 0 Å². The van der Waals surface area contributed by atoms with Crippen LogP contribution in [0.25, 0.3) is 0 Å². The standard InChI is InChI=1S/C15H18O/c1-2-13-8-10-14(11-9-13)5-3-6-15-7-4-12-16-15/h4,7-12H,2-3,5-6H2,1H3. The van der Waals surface area contributed by atoms with Crippen LogP contribution in [0.5, 0.6) is 0 Å². The fourth-order valence-corrected chi connectivity index (χ4v) is 1.86. The Morgan fingerprint density at radius 1 is 0.938 bits per heavy atom. The Kier molecular flexibility index (Phi) is 3.81. The highest BCUT2D eigenvalue weighted by Crippen LogP contribution is 2.10. The molecule has 0 N–H and O–H groups in total. The predicted octanol–water partition coefficient (Wildman–Crippen LogP) is 4.02. The predicted molar refractivity (Wildman–Crippen MR) is 66.6 cm³/mol. The molecular formula is C15H18O. The molecule has 0 aliphatic heterocycles. The molecule has 0 saturated heterocycles. The van der Waals surface area contributed by atoms with Crippen molar-refractivity contribution in [2.75, 3.05) is 0 Å². The molecule has 0 radical (unpaired) electrons. The molecule has 84 valence electrons. The van der Waals surface area contributed by atoms with Gasteiger partial charge in [0, 0.05) is 6.42 Å². The highest BCUT2D eigenvalue weighted by Gasteiger charge is 1.97. The van der Waals surface area contributed by atoms with Crippen LogP contribution < -0.4 is 0 Å². The van der Waals surface area contributed by atoms with Crippen molar-refractivity contribution >= 4 is 0 Å². The maximum absolute atomic E-state index is 5.31. The highest BCUT2D eigenvalue weighted by atomic mass is 16.3. The summed E-state index contributed by atoms with van der Waals surface area (Å²) in [5.41, 5.74) is 2.83. The van der Waals surface area contributed by atoms with Crippen LogP contribution in [0, 0.1) is 0 Å². The number of furan rings is 1. The van der Waals surface area contributed by atoms with Crippen LogP contribution in [-0.4, -0.2) is 0 Å². The Balaban J connectivity index is 1.81. The lowest BCUT2D eigenvalue weighted by Gasteiger charge is -2.02. The van der Waals surface area contributed by atoms with Crippen molar-refractivity contribution in [1.82, 2.24) is 0 Å². The zero-order valence-corrected chi connectivity index (χ0v) is 9.78. The molecule has 0 aliphatic carbocycles. The minimum Gasteiger partial charge on any atom is -0.469 e. The summed E-state index contributed by atoms with van der Waals surface area (Å²) < 4.78 is 5.31. The molecule has 0 fully saturated rings. The second-order valence-electron chi connectivity index (χ2n) is 4.10. The molecule has 2 aromatic rings. The smallest absolute Gasteiger partial charge is 0.103 e. The number of benzene rings is 1. The topological polar surface area (TPSA) is 13.1 Å². The van der Waals surface area contributed by atoms with E-state index in [1.807, 2.05) is 12.1 Å². The lowest BCUT2D eigenvalue weighted by atomic mass is 10.0. The van der Waals surface area contributed by atoms with Crippen molar-refractivity contribution in [3.63, 3.8) is 0 Å². The van der Waals surface area contributed by atoms with Crippen molar-refractivity contribution in [2.45, 2.75) is 32.6 Å². The van der Waals surface area contributed by atoms with Crippen LogP contribution in [0.3, 0.4) is 0 Å². The van der Waals surface area contributed by atoms with E-state index in [-0.39, 0.29) is 0 Å². The number of aryl methyl sites for hydroxylation is 3. The molecule has 1 heterocycles. The molecule has 1 nitrogen and oxygen atoms in total. The van der Waals surface area contributed by atoms with Crippen LogP contribution in [0.2, 0.25) is 0 Å². The summed E-state index contributed by atoms with van der Waals surface area (Å²) in [7, 11) is 0. The minimum atomic E-state index is 1.03. The molecule has 0 amide bonds. The largest absolute Gasteiger partial charge is 0.469 e. The van der Waals surface area contributed by atoms with Crippen LogP contribution in [-0.2, 0) is 19.3 Å². The van der Waals surface area contributed by atoms with Crippen molar-refractivity contribution < 1.29 is 4.42 Å². The van der Waals surface area contributed by atoms with E-state index in [1.54, 1.807) is 6.26 Å². The summed E-state index contributed by atoms with van der Waals surface area (Å²) in [4.78, 5) is 0. The third-order valence-electron chi connectivity index (χ3n) is 2.90. The monoisotopic (exact) mass is 214 g/mol.